The largest absolute Gasteiger partial charge is 0.497 e. The number of nitrogens with one attached hydrogen (secondary N) is 1. The number of halogens is 3. The van der Waals surface area contributed by atoms with Crippen LogP contribution in [0.2, 0.25) is 0 Å². The van der Waals surface area contributed by atoms with Gasteiger partial charge in [-0.15, -0.1) is 0 Å². The molecular formula is C19H19F3N2O4. The molecule has 0 aliphatic rings. The van der Waals surface area contributed by atoms with Gasteiger partial charge in [0.2, 0.25) is 11.8 Å². The summed E-state index contributed by atoms with van der Waals surface area (Å²) in [7, 11) is 2.89. The molecule has 1 N–H and O–H groups in total. The lowest BCUT2D eigenvalue weighted by Crippen LogP contribution is -2.36. The first-order valence-corrected chi connectivity index (χ1v) is 8.13. The highest BCUT2D eigenvalue weighted by Gasteiger charge is 2.31. The lowest BCUT2D eigenvalue weighted by molar-refractivity contribution is -0.137. The summed E-state index contributed by atoms with van der Waals surface area (Å²) in [4.78, 5) is 25.3. The highest BCUT2D eigenvalue weighted by molar-refractivity contribution is 6.02. The molecule has 0 heterocycles. The molecule has 0 aliphatic carbocycles. The second-order valence-electron chi connectivity index (χ2n) is 5.77. The fourth-order valence-corrected chi connectivity index (χ4v) is 2.47. The number of ether oxygens (including phenoxy) is 2. The number of carbonyl (C=O) groups excluding carboxylic acids is 2. The molecule has 0 aromatic heterocycles. The quantitative estimate of drug-likeness (QED) is 0.808. The Balaban J connectivity index is 2.22. The first-order valence-electron chi connectivity index (χ1n) is 8.13. The van der Waals surface area contributed by atoms with Gasteiger partial charge in [0.1, 0.15) is 18.0 Å². The van der Waals surface area contributed by atoms with Crippen molar-refractivity contribution in [3.8, 4) is 11.5 Å². The maximum absolute atomic E-state index is 12.9. The van der Waals surface area contributed by atoms with Crippen molar-refractivity contribution in [2.75, 3.05) is 31.0 Å². The topological polar surface area (TPSA) is 67.9 Å². The molecule has 0 fully saturated rings. The van der Waals surface area contributed by atoms with Crippen LogP contribution in [0, 0.1) is 0 Å². The molecule has 2 aromatic carbocycles. The van der Waals surface area contributed by atoms with Gasteiger partial charge in [-0.25, -0.2) is 0 Å². The Morgan fingerprint density at radius 3 is 2.36 bits per heavy atom. The highest BCUT2D eigenvalue weighted by Crippen LogP contribution is 2.32. The van der Waals surface area contributed by atoms with E-state index in [1.807, 2.05) is 0 Å². The normalized spacial score (nSPS) is 10.9. The average molecular weight is 396 g/mol. The number of anilines is 2. The monoisotopic (exact) mass is 396 g/mol. The SMILES string of the molecule is COc1ccc(NC(=O)CN(C(C)=O)c2cccc(C(F)(F)F)c2)c(OC)c1. The third-order valence-corrected chi connectivity index (χ3v) is 3.85. The number of hydrogen-bond acceptors (Lipinski definition) is 4. The smallest absolute Gasteiger partial charge is 0.416 e. The molecule has 0 bridgehead atoms. The van der Waals surface area contributed by atoms with Crippen LogP contribution < -0.4 is 19.7 Å². The van der Waals surface area contributed by atoms with Gasteiger partial charge in [-0.1, -0.05) is 6.07 Å². The number of benzene rings is 2. The zero-order valence-electron chi connectivity index (χ0n) is 15.5. The van der Waals surface area contributed by atoms with Crippen LogP contribution in [-0.2, 0) is 15.8 Å². The molecule has 0 aliphatic heterocycles. The Morgan fingerprint density at radius 2 is 1.79 bits per heavy atom. The number of amides is 2. The van der Waals surface area contributed by atoms with Gasteiger partial charge in [-0.2, -0.15) is 13.2 Å². The number of carbonyl (C=O) groups is 2. The van der Waals surface area contributed by atoms with Gasteiger partial charge in [0, 0.05) is 18.7 Å². The molecule has 0 unspecified atom stereocenters. The van der Waals surface area contributed by atoms with Crippen molar-refractivity contribution < 1.29 is 32.2 Å². The average Bonchev–Trinajstić information content (AvgIpc) is 2.65. The summed E-state index contributed by atoms with van der Waals surface area (Å²) >= 11 is 0. The Hall–Kier alpha value is -3.23. The zero-order valence-corrected chi connectivity index (χ0v) is 15.5. The van der Waals surface area contributed by atoms with E-state index in [1.54, 1.807) is 18.2 Å². The summed E-state index contributed by atoms with van der Waals surface area (Å²) in [5.41, 5.74) is -0.603. The predicted molar refractivity (Wildman–Crippen MR) is 97.6 cm³/mol. The van der Waals surface area contributed by atoms with Gasteiger partial charge >= 0.3 is 6.18 Å². The first-order chi connectivity index (χ1) is 13.2. The molecule has 150 valence electrons. The summed E-state index contributed by atoms with van der Waals surface area (Å²) in [6.07, 6.45) is -4.56. The van der Waals surface area contributed by atoms with E-state index < -0.39 is 30.1 Å². The summed E-state index contributed by atoms with van der Waals surface area (Å²) in [6, 6.07) is 8.94. The van der Waals surface area contributed by atoms with Crippen molar-refractivity contribution in [2.45, 2.75) is 13.1 Å². The van der Waals surface area contributed by atoms with Crippen LogP contribution in [0.15, 0.2) is 42.5 Å². The van der Waals surface area contributed by atoms with Gasteiger partial charge in [0.15, 0.2) is 0 Å². The molecule has 0 saturated carbocycles. The van der Waals surface area contributed by atoms with Crippen molar-refractivity contribution in [3.05, 3.63) is 48.0 Å². The molecule has 0 spiro atoms. The number of rotatable bonds is 6. The lowest BCUT2D eigenvalue weighted by Gasteiger charge is -2.22. The first kappa shape index (κ1) is 21.1. The van der Waals surface area contributed by atoms with Crippen LogP contribution in [-0.4, -0.2) is 32.6 Å². The fourth-order valence-electron chi connectivity index (χ4n) is 2.47. The van der Waals surface area contributed by atoms with Gasteiger partial charge in [-0.05, 0) is 30.3 Å². The molecule has 6 nitrogen and oxygen atoms in total. The molecule has 0 radical (unpaired) electrons. The predicted octanol–water partition coefficient (Wildman–Crippen LogP) is 3.71. The zero-order chi connectivity index (χ0) is 20.9. The minimum Gasteiger partial charge on any atom is -0.497 e. The Bertz CT molecular complexity index is 868. The molecule has 0 saturated heterocycles. The van der Waals surface area contributed by atoms with Crippen LogP contribution >= 0.6 is 0 Å². The fraction of sp³-hybridized carbons (Fsp3) is 0.263. The Morgan fingerprint density at radius 1 is 1.07 bits per heavy atom. The standard InChI is InChI=1S/C19H19F3N2O4/c1-12(25)24(14-6-4-5-13(9-14)19(20,21)22)11-18(26)23-16-8-7-15(27-2)10-17(16)28-3/h4-10H,11H2,1-3H3,(H,23,26). The number of nitrogens with zero attached hydrogens (tertiary/aromatic N) is 1. The van der Waals surface area contributed by atoms with E-state index in [0.29, 0.717) is 17.2 Å². The Labute approximate surface area is 159 Å². The van der Waals surface area contributed by atoms with Crippen LogP contribution in [0.1, 0.15) is 12.5 Å². The summed E-state index contributed by atoms with van der Waals surface area (Å²) in [5.74, 6) is -0.322. The van der Waals surface area contributed by atoms with Crippen LogP contribution in [0.5, 0.6) is 11.5 Å². The second-order valence-corrected chi connectivity index (χ2v) is 5.77. The molecule has 9 heteroatoms. The van der Waals surface area contributed by atoms with E-state index in [1.165, 1.54) is 33.3 Å². The maximum Gasteiger partial charge on any atom is 0.416 e. The maximum atomic E-state index is 12.9. The molecule has 0 atom stereocenters. The minimum absolute atomic E-state index is 0.0285. The lowest BCUT2D eigenvalue weighted by atomic mass is 10.1. The van der Waals surface area contributed by atoms with Gasteiger partial charge < -0.3 is 19.7 Å². The van der Waals surface area contributed by atoms with Crippen LogP contribution in [0.25, 0.3) is 0 Å². The van der Waals surface area contributed by atoms with E-state index >= 15 is 0 Å². The van der Waals surface area contributed by atoms with Crippen LogP contribution in [0.3, 0.4) is 0 Å². The van der Waals surface area contributed by atoms with Gasteiger partial charge in [0.05, 0.1) is 25.5 Å². The van der Waals surface area contributed by atoms with E-state index in [4.69, 9.17) is 9.47 Å². The molecule has 28 heavy (non-hydrogen) atoms. The number of methoxy groups -OCH3 is 2. The Kier molecular flexibility index (Phi) is 6.50. The minimum atomic E-state index is -4.56. The van der Waals surface area contributed by atoms with E-state index in [0.717, 1.165) is 17.0 Å². The van der Waals surface area contributed by atoms with Crippen molar-refractivity contribution in [1.82, 2.24) is 0 Å². The highest BCUT2D eigenvalue weighted by atomic mass is 19.4. The van der Waals surface area contributed by atoms with E-state index in [9.17, 15) is 22.8 Å². The van der Waals surface area contributed by atoms with Crippen molar-refractivity contribution in [2.24, 2.45) is 0 Å². The molecule has 2 rings (SSSR count). The van der Waals surface area contributed by atoms with Crippen LogP contribution in [0.4, 0.5) is 24.5 Å². The van der Waals surface area contributed by atoms with E-state index in [2.05, 4.69) is 5.32 Å². The number of hydrogen-bond donors (Lipinski definition) is 1. The van der Waals surface area contributed by atoms with E-state index in [-0.39, 0.29) is 5.69 Å². The van der Waals surface area contributed by atoms with Gasteiger partial charge in [-0.3, -0.25) is 9.59 Å². The van der Waals surface area contributed by atoms with Crippen molar-refractivity contribution in [1.29, 1.82) is 0 Å². The molecular weight excluding hydrogens is 377 g/mol. The van der Waals surface area contributed by atoms with Gasteiger partial charge in [0.25, 0.3) is 0 Å². The third-order valence-electron chi connectivity index (χ3n) is 3.85. The second kappa shape index (κ2) is 8.64. The number of alkyl halides is 3. The molecule has 2 amide bonds. The van der Waals surface area contributed by atoms with Crippen molar-refractivity contribution in [3.63, 3.8) is 0 Å². The van der Waals surface area contributed by atoms with Crippen molar-refractivity contribution >= 4 is 23.2 Å². The molecule has 2 aromatic rings. The third kappa shape index (κ3) is 5.15. The summed E-state index contributed by atoms with van der Waals surface area (Å²) in [5, 5.41) is 2.58. The summed E-state index contributed by atoms with van der Waals surface area (Å²) < 4.78 is 49.0. The summed E-state index contributed by atoms with van der Waals surface area (Å²) in [6.45, 7) is 0.702.